The Morgan fingerprint density at radius 1 is 1.08 bits per heavy atom. The maximum absolute atomic E-state index is 16.0. The van der Waals surface area contributed by atoms with Gasteiger partial charge >= 0.3 is 0 Å². The second-order valence-corrected chi connectivity index (χ2v) is 9.69. The molecule has 0 spiro atoms. The number of anilines is 1. The van der Waals surface area contributed by atoms with E-state index in [1.807, 2.05) is 0 Å². The molecule has 3 aromatic heterocycles. The number of amides is 1. The number of aromatic amines is 1. The van der Waals surface area contributed by atoms with Crippen molar-refractivity contribution in [3.05, 3.63) is 71.1 Å². The number of benzene rings is 1. The predicted octanol–water partition coefficient (Wildman–Crippen LogP) is 4.06. The van der Waals surface area contributed by atoms with Crippen LogP contribution in [-0.2, 0) is 0 Å². The van der Waals surface area contributed by atoms with Gasteiger partial charge in [0.15, 0.2) is 11.6 Å². The molecule has 6 rings (SSSR count). The first kappa shape index (κ1) is 23.4. The largest absolute Gasteiger partial charge is 0.362 e. The molecular weight excluding hydrogens is 485 g/mol. The number of rotatable bonds is 5. The van der Waals surface area contributed by atoms with Gasteiger partial charge in [-0.1, -0.05) is 0 Å². The first-order chi connectivity index (χ1) is 18.0. The fraction of sp³-hybridized carbons (Fsp3) is 0.400. The summed E-state index contributed by atoms with van der Waals surface area (Å²) in [5.41, 5.74) is 0.615. The van der Waals surface area contributed by atoms with Gasteiger partial charge in [-0.2, -0.15) is 5.10 Å². The molecule has 2 aliphatic rings. The minimum Gasteiger partial charge on any atom is -0.362 e. The van der Waals surface area contributed by atoms with Gasteiger partial charge < -0.3 is 10.2 Å². The average molecular weight is 511 g/mol. The van der Waals surface area contributed by atoms with Crippen LogP contribution in [0.1, 0.15) is 72.2 Å². The van der Waals surface area contributed by atoms with Crippen molar-refractivity contribution >= 4 is 17.1 Å². The predicted molar refractivity (Wildman–Crippen MR) is 127 cm³/mol. The third-order valence-corrected chi connectivity index (χ3v) is 7.54. The summed E-state index contributed by atoms with van der Waals surface area (Å²) in [4.78, 5) is 14.9. The molecule has 4 aromatic rings. The maximum Gasteiger partial charge on any atom is 0.255 e. The molecule has 1 unspecified atom stereocenters. The standard InChI is InChI=1S/C25H25F3N8O/c26-15-5-8-19(27)17(12-15)20-2-1-10-35(20)21-9-11-36-23(22(21)28)18(13-29-36)25(37)30-16-6-3-14(4-7-16)24-31-33-34-32-24/h5,8-9,11-14,16,20H,1-4,6-7,10H2,(H,30,37)(H,31,32,33,34). The van der Waals surface area contributed by atoms with E-state index in [9.17, 15) is 13.6 Å². The molecule has 1 amide bonds. The summed E-state index contributed by atoms with van der Waals surface area (Å²) in [5, 5.41) is 21.2. The highest BCUT2D eigenvalue weighted by molar-refractivity contribution is 6.01. The van der Waals surface area contributed by atoms with Crippen molar-refractivity contribution in [2.75, 3.05) is 11.4 Å². The lowest BCUT2D eigenvalue weighted by Gasteiger charge is -2.28. The highest BCUT2D eigenvalue weighted by Crippen LogP contribution is 2.39. The number of fused-ring (bicyclic) bond motifs is 1. The van der Waals surface area contributed by atoms with Gasteiger partial charge in [-0.05, 0) is 73.2 Å². The van der Waals surface area contributed by atoms with Crippen molar-refractivity contribution in [2.24, 2.45) is 0 Å². The maximum atomic E-state index is 16.0. The van der Waals surface area contributed by atoms with Crippen LogP contribution in [0.4, 0.5) is 18.9 Å². The SMILES string of the molecule is O=C(NC1CCC(c2nnn[nH]2)CC1)c1cnn2ccc(N3CCCC3c3cc(F)ccc3F)c(F)c12. The van der Waals surface area contributed by atoms with Crippen LogP contribution in [0.25, 0.3) is 5.52 Å². The van der Waals surface area contributed by atoms with Gasteiger partial charge in [0.2, 0.25) is 0 Å². The number of carbonyl (C=O) groups excluding carboxylic acids is 1. The number of aromatic nitrogens is 6. The highest BCUT2D eigenvalue weighted by Gasteiger charge is 2.32. The van der Waals surface area contributed by atoms with Gasteiger partial charge in [-0.15, -0.1) is 5.10 Å². The molecule has 12 heteroatoms. The average Bonchev–Trinajstić information content (AvgIpc) is 3.67. The molecular formula is C25H25F3N8O. The first-order valence-corrected chi connectivity index (χ1v) is 12.4. The Balaban J connectivity index is 1.24. The number of hydrogen-bond donors (Lipinski definition) is 2. The van der Waals surface area contributed by atoms with Crippen LogP contribution in [0.15, 0.2) is 36.7 Å². The van der Waals surface area contributed by atoms with Crippen molar-refractivity contribution in [3.63, 3.8) is 0 Å². The van der Waals surface area contributed by atoms with E-state index in [4.69, 9.17) is 0 Å². The second-order valence-electron chi connectivity index (χ2n) is 9.69. The van der Waals surface area contributed by atoms with Gasteiger partial charge in [0.25, 0.3) is 5.91 Å². The highest BCUT2D eigenvalue weighted by atomic mass is 19.1. The fourth-order valence-corrected chi connectivity index (χ4v) is 5.68. The number of halogens is 3. The molecule has 4 heterocycles. The zero-order chi connectivity index (χ0) is 25.5. The zero-order valence-corrected chi connectivity index (χ0v) is 19.9. The van der Waals surface area contributed by atoms with E-state index >= 15 is 4.39 Å². The summed E-state index contributed by atoms with van der Waals surface area (Å²) >= 11 is 0. The van der Waals surface area contributed by atoms with Crippen molar-refractivity contribution < 1.29 is 18.0 Å². The summed E-state index contributed by atoms with van der Waals surface area (Å²) in [5.74, 6) is -1.11. The van der Waals surface area contributed by atoms with Gasteiger partial charge in [0.1, 0.15) is 17.2 Å². The lowest BCUT2D eigenvalue weighted by Crippen LogP contribution is -2.37. The molecule has 1 aliphatic carbocycles. The van der Waals surface area contributed by atoms with Crippen LogP contribution >= 0.6 is 0 Å². The molecule has 1 aromatic carbocycles. The van der Waals surface area contributed by atoms with E-state index in [0.717, 1.165) is 43.6 Å². The summed E-state index contributed by atoms with van der Waals surface area (Å²) in [6.45, 7) is 0.479. The van der Waals surface area contributed by atoms with Crippen LogP contribution in [0.3, 0.4) is 0 Å². The van der Waals surface area contributed by atoms with Gasteiger partial charge in [0.05, 0.1) is 23.5 Å². The Morgan fingerprint density at radius 2 is 1.92 bits per heavy atom. The molecule has 1 saturated heterocycles. The van der Waals surface area contributed by atoms with Crippen LogP contribution in [-0.4, -0.2) is 48.7 Å². The third kappa shape index (κ3) is 4.30. The summed E-state index contributed by atoms with van der Waals surface area (Å²) < 4.78 is 45.7. The third-order valence-electron chi connectivity index (χ3n) is 7.54. The van der Waals surface area contributed by atoms with E-state index in [2.05, 4.69) is 31.0 Å². The Kier molecular flexibility index (Phi) is 6.01. The Hall–Kier alpha value is -3.96. The quantitative estimate of drug-likeness (QED) is 0.420. The minimum atomic E-state index is -0.615. The van der Waals surface area contributed by atoms with Gasteiger partial charge in [-0.3, -0.25) is 4.79 Å². The molecule has 0 radical (unpaired) electrons. The van der Waals surface area contributed by atoms with Crippen LogP contribution in [0, 0.1) is 17.5 Å². The Morgan fingerprint density at radius 3 is 2.70 bits per heavy atom. The Bertz CT molecular complexity index is 1430. The van der Waals surface area contributed by atoms with E-state index in [-0.39, 0.29) is 34.3 Å². The number of carbonyl (C=O) groups is 1. The van der Waals surface area contributed by atoms with Crippen molar-refractivity contribution in [1.82, 2.24) is 35.6 Å². The Labute approximate surface area is 210 Å². The molecule has 1 aliphatic heterocycles. The minimum absolute atomic E-state index is 0.0558. The summed E-state index contributed by atoms with van der Waals surface area (Å²) in [7, 11) is 0. The van der Waals surface area contributed by atoms with Crippen molar-refractivity contribution in [3.8, 4) is 0 Å². The number of tetrazole rings is 1. The molecule has 37 heavy (non-hydrogen) atoms. The fourth-order valence-electron chi connectivity index (χ4n) is 5.68. The molecule has 9 nitrogen and oxygen atoms in total. The molecule has 0 bridgehead atoms. The number of pyridine rings is 1. The van der Waals surface area contributed by atoms with Crippen LogP contribution in [0.5, 0.6) is 0 Å². The molecule has 1 saturated carbocycles. The van der Waals surface area contributed by atoms with Gasteiger partial charge in [-0.25, -0.2) is 22.8 Å². The van der Waals surface area contributed by atoms with Crippen LogP contribution < -0.4 is 10.2 Å². The number of hydrogen-bond acceptors (Lipinski definition) is 6. The van der Waals surface area contributed by atoms with Crippen LogP contribution in [0.2, 0.25) is 0 Å². The topological polar surface area (TPSA) is 104 Å². The lowest BCUT2D eigenvalue weighted by atomic mass is 9.85. The molecule has 1 atom stereocenters. The second kappa shape index (κ2) is 9.49. The monoisotopic (exact) mass is 510 g/mol. The molecule has 2 N–H and O–H groups in total. The zero-order valence-electron chi connectivity index (χ0n) is 19.9. The van der Waals surface area contributed by atoms with E-state index in [1.54, 1.807) is 17.2 Å². The first-order valence-electron chi connectivity index (χ1n) is 12.4. The van der Waals surface area contributed by atoms with E-state index < -0.39 is 29.4 Å². The number of nitrogens with one attached hydrogen (secondary N) is 2. The smallest absolute Gasteiger partial charge is 0.255 e. The van der Waals surface area contributed by atoms with E-state index in [1.165, 1.54) is 16.8 Å². The van der Waals surface area contributed by atoms with Crippen molar-refractivity contribution in [1.29, 1.82) is 0 Å². The van der Waals surface area contributed by atoms with Gasteiger partial charge in [0, 0.05) is 30.3 Å². The lowest BCUT2D eigenvalue weighted by molar-refractivity contribution is 0.0927. The summed E-state index contributed by atoms with van der Waals surface area (Å²) in [6, 6.07) is 4.32. The van der Waals surface area contributed by atoms with Crippen molar-refractivity contribution in [2.45, 2.75) is 56.5 Å². The normalized spacial score (nSPS) is 22.0. The number of H-pyrrole nitrogens is 1. The molecule has 192 valence electrons. The number of nitrogens with zero attached hydrogens (tertiary/aromatic N) is 6. The summed E-state index contributed by atoms with van der Waals surface area (Å²) in [6.07, 6.45) is 7.34. The molecule has 2 fully saturated rings. The van der Waals surface area contributed by atoms with E-state index in [0.29, 0.717) is 19.4 Å².